The number of rotatable bonds is 5. The molecule has 1 N–H and O–H groups in total. The highest BCUT2D eigenvalue weighted by Gasteiger charge is 2.19. The van der Waals surface area contributed by atoms with Crippen LogP contribution in [0.1, 0.15) is 25.0 Å². The first-order chi connectivity index (χ1) is 8.02. The molecule has 1 aromatic rings. The van der Waals surface area contributed by atoms with Gasteiger partial charge >= 0.3 is 5.97 Å². The van der Waals surface area contributed by atoms with E-state index in [2.05, 4.69) is 17.4 Å². The summed E-state index contributed by atoms with van der Waals surface area (Å²) in [5.41, 5.74) is 2.36. The van der Waals surface area contributed by atoms with E-state index in [1.807, 2.05) is 32.9 Å². The van der Waals surface area contributed by atoms with Gasteiger partial charge in [0.1, 0.15) is 6.04 Å². The average Bonchev–Trinajstić information content (AvgIpc) is 2.29. The van der Waals surface area contributed by atoms with Gasteiger partial charge in [0.15, 0.2) is 0 Å². The molecule has 0 radical (unpaired) electrons. The van der Waals surface area contributed by atoms with Gasteiger partial charge in [-0.3, -0.25) is 4.79 Å². The van der Waals surface area contributed by atoms with Crippen molar-refractivity contribution in [2.45, 2.75) is 39.3 Å². The molecule has 1 aromatic carbocycles. The summed E-state index contributed by atoms with van der Waals surface area (Å²) in [5, 5.41) is 3.22. The molecule has 94 valence electrons. The number of aryl methyl sites for hydroxylation is 1. The van der Waals surface area contributed by atoms with Gasteiger partial charge in [0.2, 0.25) is 0 Å². The Morgan fingerprint density at radius 1 is 1.29 bits per heavy atom. The molecule has 3 nitrogen and oxygen atoms in total. The standard InChI is InChI=1S/C14H21NO2/c1-10(2)15-13(14(16)17-4)9-12-7-5-11(3)6-8-12/h5-8,10,13,15H,9H2,1-4H3. The van der Waals surface area contributed by atoms with Crippen molar-refractivity contribution in [1.82, 2.24) is 5.32 Å². The molecule has 0 aliphatic carbocycles. The van der Waals surface area contributed by atoms with Gasteiger partial charge in [0.05, 0.1) is 7.11 Å². The molecule has 0 amide bonds. The van der Waals surface area contributed by atoms with Crippen molar-refractivity contribution in [3.8, 4) is 0 Å². The highest BCUT2D eigenvalue weighted by Crippen LogP contribution is 2.07. The molecule has 1 unspecified atom stereocenters. The summed E-state index contributed by atoms with van der Waals surface area (Å²) in [6, 6.07) is 8.19. The zero-order chi connectivity index (χ0) is 12.8. The van der Waals surface area contributed by atoms with Crippen molar-refractivity contribution in [2.75, 3.05) is 7.11 Å². The van der Waals surface area contributed by atoms with Crippen LogP contribution >= 0.6 is 0 Å². The quantitative estimate of drug-likeness (QED) is 0.794. The summed E-state index contributed by atoms with van der Waals surface area (Å²) in [4.78, 5) is 11.6. The topological polar surface area (TPSA) is 38.3 Å². The minimum absolute atomic E-state index is 0.209. The zero-order valence-corrected chi connectivity index (χ0v) is 11.0. The first kappa shape index (κ1) is 13.7. The largest absolute Gasteiger partial charge is 0.468 e. The van der Waals surface area contributed by atoms with Gasteiger partial charge in [-0.1, -0.05) is 43.7 Å². The SMILES string of the molecule is COC(=O)C(Cc1ccc(C)cc1)NC(C)C. The van der Waals surface area contributed by atoms with Crippen LogP contribution in [-0.4, -0.2) is 25.2 Å². The van der Waals surface area contributed by atoms with E-state index in [0.717, 1.165) is 5.56 Å². The predicted octanol–water partition coefficient (Wildman–Crippen LogP) is 2.08. The molecule has 1 rings (SSSR count). The van der Waals surface area contributed by atoms with Crippen molar-refractivity contribution in [3.63, 3.8) is 0 Å². The van der Waals surface area contributed by atoms with Gasteiger partial charge in [-0.2, -0.15) is 0 Å². The zero-order valence-electron chi connectivity index (χ0n) is 11.0. The number of benzene rings is 1. The molecule has 0 aliphatic rings. The van der Waals surface area contributed by atoms with Crippen LogP contribution in [0.3, 0.4) is 0 Å². The minimum Gasteiger partial charge on any atom is -0.468 e. The van der Waals surface area contributed by atoms with Crippen molar-refractivity contribution in [2.24, 2.45) is 0 Å². The maximum absolute atomic E-state index is 11.6. The van der Waals surface area contributed by atoms with Crippen LogP contribution in [0.5, 0.6) is 0 Å². The number of esters is 1. The summed E-state index contributed by atoms with van der Waals surface area (Å²) >= 11 is 0. The summed E-state index contributed by atoms with van der Waals surface area (Å²) in [6.45, 7) is 6.09. The number of ether oxygens (including phenoxy) is 1. The van der Waals surface area contributed by atoms with Crippen molar-refractivity contribution >= 4 is 5.97 Å². The van der Waals surface area contributed by atoms with Crippen LogP contribution in [0.4, 0.5) is 0 Å². The van der Waals surface area contributed by atoms with Crippen LogP contribution in [-0.2, 0) is 16.0 Å². The van der Waals surface area contributed by atoms with E-state index in [1.54, 1.807) is 0 Å². The van der Waals surface area contributed by atoms with Gasteiger partial charge < -0.3 is 10.1 Å². The molecule has 0 bridgehead atoms. The third-order valence-corrected chi connectivity index (χ3v) is 2.58. The second-order valence-corrected chi connectivity index (χ2v) is 4.59. The average molecular weight is 235 g/mol. The van der Waals surface area contributed by atoms with E-state index in [9.17, 15) is 4.79 Å². The molecule has 1 atom stereocenters. The van der Waals surface area contributed by atoms with Crippen molar-refractivity contribution in [3.05, 3.63) is 35.4 Å². The number of carbonyl (C=O) groups is 1. The van der Waals surface area contributed by atoms with E-state index in [4.69, 9.17) is 4.74 Å². The molecular formula is C14H21NO2. The molecule has 0 saturated carbocycles. The van der Waals surface area contributed by atoms with Crippen LogP contribution in [0, 0.1) is 6.92 Å². The Balaban J connectivity index is 2.71. The summed E-state index contributed by atoms with van der Waals surface area (Å²) < 4.78 is 4.81. The Kier molecular flexibility index (Phi) is 5.16. The molecule has 17 heavy (non-hydrogen) atoms. The van der Waals surface area contributed by atoms with E-state index in [1.165, 1.54) is 12.7 Å². The molecule has 3 heteroatoms. The van der Waals surface area contributed by atoms with Crippen LogP contribution in [0.2, 0.25) is 0 Å². The lowest BCUT2D eigenvalue weighted by Crippen LogP contribution is -2.43. The molecule has 0 aromatic heterocycles. The third kappa shape index (κ3) is 4.57. The van der Waals surface area contributed by atoms with E-state index >= 15 is 0 Å². The fourth-order valence-corrected chi connectivity index (χ4v) is 1.71. The van der Waals surface area contributed by atoms with E-state index in [0.29, 0.717) is 6.42 Å². The lowest BCUT2D eigenvalue weighted by molar-refractivity contribution is -0.143. The summed E-state index contributed by atoms with van der Waals surface area (Å²) in [7, 11) is 1.42. The van der Waals surface area contributed by atoms with E-state index in [-0.39, 0.29) is 18.1 Å². The van der Waals surface area contributed by atoms with Gasteiger partial charge in [-0.25, -0.2) is 0 Å². The Morgan fingerprint density at radius 3 is 2.35 bits per heavy atom. The number of nitrogens with one attached hydrogen (secondary N) is 1. The maximum Gasteiger partial charge on any atom is 0.323 e. The number of hydrogen-bond donors (Lipinski definition) is 1. The van der Waals surface area contributed by atoms with E-state index < -0.39 is 0 Å². The Hall–Kier alpha value is -1.35. The molecule has 0 saturated heterocycles. The molecule has 0 fully saturated rings. The van der Waals surface area contributed by atoms with Gasteiger partial charge in [-0.05, 0) is 18.9 Å². The highest BCUT2D eigenvalue weighted by molar-refractivity contribution is 5.76. The number of hydrogen-bond acceptors (Lipinski definition) is 3. The molecule has 0 spiro atoms. The maximum atomic E-state index is 11.6. The lowest BCUT2D eigenvalue weighted by Gasteiger charge is -2.19. The predicted molar refractivity (Wildman–Crippen MR) is 69.0 cm³/mol. The lowest BCUT2D eigenvalue weighted by atomic mass is 10.0. The van der Waals surface area contributed by atoms with Gasteiger partial charge in [0, 0.05) is 6.04 Å². The van der Waals surface area contributed by atoms with Crippen LogP contribution < -0.4 is 5.32 Å². The smallest absolute Gasteiger partial charge is 0.323 e. The fraction of sp³-hybridized carbons (Fsp3) is 0.500. The van der Waals surface area contributed by atoms with Crippen LogP contribution in [0.15, 0.2) is 24.3 Å². The third-order valence-electron chi connectivity index (χ3n) is 2.58. The summed E-state index contributed by atoms with van der Waals surface area (Å²) in [6.07, 6.45) is 0.658. The number of carbonyl (C=O) groups excluding carboxylic acids is 1. The Morgan fingerprint density at radius 2 is 1.88 bits per heavy atom. The summed E-state index contributed by atoms with van der Waals surface area (Å²) in [5.74, 6) is -0.209. The Labute approximate surface area is 103 Å². The molecule has 0 aliphatic heterocycles. The monoisotopic (exact) mass is 235 g/mol. The van der Waals surface area contributed by atoms with Gasteiger partial charge in [0.25, 0.3) is 0 Å². The second-order valence-electron chi connectivity index (χ2n) is 4.59. The molecular weight excluding hydrogens is 214 g/mol. The van der Waals surface area contributed by atoms with Crippen molar-refractivity contribution < 1.29 is 9.53 Å². The Bertz CT molecular complexity index is 357. The first-order valence-electron chi connectivity index (χ1n) is 5.92. The normalized spacial score (nSPS) is 12.5. The molecule has 0 heterocycles. The minimum atomic E-state index is -0.275. The fourth-order valence-electron chi connectivity index (χ4n) is 1.71. The van der Waals surface area contributed by atoms with Crippen LogP contribution in [0.25, 0.3) is 0 Å². The number of methoxy groups -OCH3 is 1. The highest BCUT2D eigenvalue weighted by atomic mass is 16.5. The second kappa shape index (κ2) is 6.40. The van der Waals surface area contributed by atoms with Crippen molar-refractivity contribution in [1.29, 1.82) is 0 Å². The first-order valence-corrected chi connectivity index (χ1v) is 5.92. The van der Waals surface area contributed by atoms with Gasteiger partial charge in [-0.15, -0.1) is 0 Å².